The topological polar surface area (TPSA) is 41.5 Å². The van der Waals surface area contributed by atoms with Crippen LogP contribution in [0.1, 0.15) is 37.8 Å². The van der Waals surface area contributed by atoms with Crippen molar-refractivity contribution in [1.82, 2.24) is 5.32 Å². The van der Waals surface area contributed by atoms with E-state index in [4.69, 9.17) is 4.74 Å². The number of nitrogens with one attached hydrogen (secondary N) is 1. The SMILES string of the molecule is C.Cc1ccc(-c2ccc(CCNCC3=CC(=C4CCC4)C(O)=CO3)cc2)cc1. The van der Waals surface area contributed by atoms with Gasteiger partial charge in [-0.3, -0.25) is 0 Å². The fourth-order valence-electron chi connectivity index (χ4n) is 3.52. The van der Waals surface area contributed by atoms with Gasteiger partial charge in [0.05, 0.1) is 6.54 Å². The van der Waals surface area contributed by atoms with Gasteiger partial charge < -0.3 is 15.2 Å². The molecular formula is C26H31NO2. The van der Waals surface area contributed by atoms with Crippen LogP contribution >= 0.6 is 0 Å². The maximum Gasteiger partial charge on any atom is 0.158 e. The minimum atomic E-state index is 0. The third-order valence-electron chi connectivity index (χ3n) is 5.47. The predicted octanol–water partition coefficient (Wildman–Crippen LogP) is 6.22. The Morgan fingerprint density at radius 1 is 0.966 bits per heavy atom. The average Bonchev–Trinajstić information content (AvgIpc) is 2.67. The normalized spacial score (nSPS) is 15.6. The van der Waals surface area contributed by atoms with Crippen LogP contribution in [0.4, 0.5) is 0 Å². The first-order valence-electron chi connectivity index (χ1n) is 10.0. The molecular weight excluding hydrogens is 358 g/mol. The lowest BCUT2D eigenvalue weighted by Gasteiger charge is -2.23. The lowest BCUT2D eigenvalue weighted by atomic mass is 9.86. The van der Waals surface area contributed by atoms with E-state index in [0.717, 1.165) is 37.1 Å². The van der Waals surface area contributed by atoms with Gasteiger partial charge in [-0.2, -0.15) is 0 Å². The van der Waals surface area contributed by atoms with Crippen LogP contribution in [-0.4, -0.2) is 18.2 Å². The minimum Gasteiger partial charge on any atom is -0.504 e. The summed E-state index contributed by atoms with van der Waals surface area (Å²) in [4.78, 5) is 0. The molecule has 0 radical (unpaired) electrons. The number of aliphatic hydroxyl groups excluding tert-OH is 1. The van der Waals surface area contributed by atoms with Crippen molar-refractivity contribution in [2.45, 2.75) is 40.0 Å². The second kappa shape index (κ2) is 9.62. The summed E-state index contributed by atoms with van der Waals surface area (Å²) < 4.78 is 5.52. The molecule has 3 heteroatoms. The molecule has 2 aromatic rings. The van der Waals surface area contributed by atoms with Crippen LogP contribution in [0.3, 0.4) is 0 Å². The molecule has 1 aliphatic heterocycles. The molecule has 29 heavy (non-hydrogen) atoms. The number of hydrogen-bond acceptors (Lipinski definition) is 3. The van der Waals surface area contributed by atoms with Crippen LogP contribution in [0, 0.1) is 6.92 Å². The number of ether oxygens (including phenoxy) is 1. The zero-order valence-electron chi connectivity index (χ0n) is 16.4. The van der Waals surface area contributed by atoms with E-state index in [2.05, 4.69) is 60.8 Å². The highest BCUT2D eigenvalue weighted by Crippen LogP contribution is 2.34. The van der Waals surface area contributed by atoms with E-state index in [1.807, 2.05) is 6.08 Å². The van der Waals surface area contributed by atoms with E-state index in [0.29, 0.717) is 6.54 Å². The van der Waals surface area contributed by atoms with E-state index in [-0.39, 0.29) is 13.2 Å². The maximum absolute atomic E-state index is 9.97. The van der Waals surface area contributed by atoms with E-state index in [9.17, 15) is 5.11 Å². The van der Waals surface area contributed by atoms with Gasteiger partial charge in [0, 0.05) is 5.57 Å². The second-order valence-corrected chi connectivity index (χ2v) is 7.59. The highest BCUT2D eigenvalue weighted by molar-refractivity contribution is 5.63. The summed E-state index contributed by atoms with van der Waals surface area (Å²) in [5, 5.41) is 13.4. The van der Waals surface area contributed by atoms with Gasteiger partial charge in [-0.1, -0.05) is 67.1 Å². The van der Waals surface area contributed by atoms with Gasteiger partial charge in [-0.15, -0.1) is 0 Å². The van der Waals surface area contributed by atoms with E-state index >= 15 is 0 Å². The Kier molecular flexibility index (Phi) is 6.95. The zero-order valence-corrected chi connectivity index (χ0v) is 16.4. The van der Waals surface area contributed by atoms with E-state index < -0.39 is 0 Å². The number of rotatable bonds is 6. The van der Waals surface area contributed by atoms with Crippen LogP contribution < -0.4 is 5.32 Å². The third kappa shape index (κ3) is 5.18. The first-order chi connectivity index (χ1) is 13.7. The molecule has 1 aliphatic carbocycles. The summed E-state index contributed by atoms with van der Waals surface area (Å²) in [6.07, 6.45) is 7.80. The standard InChI is InChI=1S/C25H27NO2.CH4/c1-18-5-9-20(10-6-18)21-11-7-19(8-12-21)13-14-26-16-23-15-24(22-3-2-4-22)25(27)17-28-23;/h5-12,15,17,26-27H,2-4,13-14,16H2,1H3;1H4. The molecule has 1 fully saturated rings. The lowest BCUT2D eigenvalue weighted by molar-refractivity contribution is 0.291. The minimum absolute atomic E-state index is 0. The summed E-state index contributed by atoms with van der Waals surface area (Å²) in [5.74, 6) is 1.12. The maximum atomic E-state index is 9.97. The van der Waals surface area contributed by atoms with Crippen molar-refractivity contribution in [2.75, 3.05) is 13.1 Å². The average molecular weight is 390 g/mol. The second-order valence-electron chi connectivity index (χ2n) is 7.59. The molecule has 0 atom stereocenters. The number of benzene rings is 2. The zero-order chi connectivity index (χ0) is 19.3. The van der Waals surface area contributed by atoms with Gasteiger partial charge >= 0.3 is 0 Å². The molecule has 0 unspecified atom stereocenters. The number of hydrogen-bond donors (Lipinski definition) is 2. The van der Waals surface area contributed by atoms with Crippen molar-refractivity contribution < 1.29 is 9.84 Å². The van der Waals surface area contributed by atoms with Gasteiger partial charge in [-0.05, 0) is 61.9 Å². The van der Waals surface area contributed by atoms with E-state index in [1.165, 1.54) is 40.5 Å². The molecule has 1 heterocycles. The van der Waals surface area contributed by atoms with Crippen LogP contribution in [-0.2, 0) is 11.2 Å². The molecule has 0 amide bonds. The summed E-state index contributed by atoms with van der Waals surface area (Å²) in [7, 11) is 0. The van der Waals surface area contributed by atoms with Crippen molar-refractivity contribution in [3.8, 4) is 11.1 Å². The first kappa shape index (κ1) is 20.9. The molecule has 0 aromatic heterocycles. The summed E-state index contributed by atoms with van der Waals surface area (Å²) in [6, 6.07) is 17.4. The monoisotopic (exact) mass is 389 g/mol. The largest absolute Gasteiger partial charge is 0.504 e. The molecule has 2 aromatic carbocycles. The highest BCUT2D eigenvalue weighted by Gasteiger charge is 2.19. The van der Waals surface area contributed by atoms with Crippen LogP contribution in [0.25, 0.3) is 11.1 Å². The summed E-state index contributed by atoms with van der Waals surface area (Å²) in [5.41, 5.74) is 7.40. The Morgan fingerprint density at radius 3 is 2.24 bits per heavy atom. The highest BCUT2D eigenvalue weighted by atomic mass is 16.5. The van der Waals surface area contributed by atoms with Crippen molar-refractivity contribution in [1.29, 1.82) is 0 Å². The molecule has 152 valence electrons. The van der Waals surface area contributed by atoms with Gasteiger partial charge in [0.2, 0.25) is 0 Å². The Balaban J connectivity index is 0.00000240. The predicted molar refractivity (Wildman–Crippen MR) is 121 cm³/mol. The molecule has 0 spiro atoms. The Labute approximate surface area is 174 Å². The molecule has 2 N–H and O–H groups in total. The Bertz CT molecular complexity index is 912. The van der Waals surface area contributed by atoms with Crippen molar-refractivity contribution in [3.63, 3.8) is 0 Å². The fourth-order valence-corrected chi connectivity index (χ4v) is 3.52. The lowest BCUT2D eigenvalue weighted by Crippen LogP contribution is -2.22. The third-order valence-corrected chi connectivity index (χ3v) is 5.47. The Morgan fingerprint density at radius 2 is 1.62 bits per heavy atom. The van der Waals surface area contributed by atoms with Gasteiger partial charge in [0.25, 0.3) is 0 Å². The molecule has 1 saturated carbocycles. The van der Waals surface area contributed by atoms with Crippen LogP contribution in [0.15, 0.2) is 83.5 Å². The fraction of sp³-hybridized carbons (Fsp3) is 0.308. The molecule has 0 bridgehead atoms. The number of aryl methyl sites for hydroxylation is 1. The molecule has 4 rings (SSSR count). The Hall–Kier alpha value is -2.78. The van der Waals surface area contributed by atoms with Crippen molar-refractivity contribution in [2.24, 2.45) is 0 Å². The number of aliphatic hydroxyl groups is 1. The molecule has 0 saturated heterocycles. The van der Waals surface area contributed by atoms with Gasteiger partial charge in [0.1, 0.15) is 12.0 Å². The van der Waals surface area contributed by atoms with Gasteiger partial charge in [-0.25, -0.2) is 0 Å². The summed E-state index contributed by atoms with van der Waals surface area (Å²) in [6.45, 7) is 3.66. The molecule has 3 nitrogen and oxygen atoms in total. The molecule has 2 aliphatic rings. The van der Waals surface area contributed by atoms with E-state index in [1.54, 1.807) is 0 Å². The quantitative estimate of drug-likeness (QED) is 0.576. The first-order valence-corrected chi connectivity index (χ1v) is 10.0. The van der Waals surface area contributed by atoms with Crippen LogP contribution in [0.2, 0.25) is 0 Å². The smallest absolute Gasteiger partial charge is 0.158 e. The van der Waals surface area contributed by atoms with Crippen molar-refractivity contribution in [3.05, 3.63) is 94.7 Å². The number of allylic oxidation sites excluding steroid dienone is 2. The van der Waals surface area contributed by atoms with Crippen LogP contribution in [0.5, 0.6) is 0 Å². The van der Waals surface area contributed by atoms with Crippen molar-refractivity contribution >= 4 is 0 Å². The summed E-state index contributed by atoms with van der Waals surface area (Å²) >= 11 is 0. The van der Waals surface area contributed by atoms with Gasteiger partial charge in [0.15, 0.2) is 5.76 Å².